The molecule has 1 N–H and O–H groups in total. The van der Waals surface area contributed by atoms with Gasteiger partial charge in [0, 0.05) is 16.1 Å². The van der Waals surface area contributed by atoms with Crippen LogP contribution in [0.15, 0.2) is 47.2 Å². The van der Waals surface area contributed by atoms with Gasteiger partial charge in [-0.2, -0.15) is 0 Å². The van der Waals surface area contributed by atoms with E-state index in [2.05, 4.69) is 15.5 Å². The summed E-state index contributed by atoms with van der Waals surface area (Å²) in [7, 11) is 0. The fraction of sp³-hybridized carbons (Fsp3) is 0.0714. The summed E-state index contributed by atoms with van der Waals surface area (Å²) in [6.45, 7) is 1.97. The molecule has 1 amide bonds. The van der Waals surface area contributed by atoms with Crippen molar-refractivity contribution in [3.8, 4) is 11.5 Å². The minimum atomic E-state index is -0.120. The van der Waals surface area contributed by atoms with Crippen molar-refractivity contribution in [1.82, 2.24) is 10.2 Å². The first-order valence-electron chi connectivity index (χ1n) is 5.97. The quantitative estimate of drug-likeness (QED) is 0.801. The highest BCUT2D eigenvalue weighted by Crippen LogP contribution is 2.22. The van der Waals surface area contributed by atoms with E-state index in [-0.39, 0.29) is 5.91 Å². The molecule has 2 aromatic heterocycles. The van der Waals surface area contributed by atoms with E-state index >= 15 is 0 Å². The SMILES string of the molecule is Cc1ccc(C(=O)Nc2cccc(-c3nnco3)c2)s1. The van der Waals surface area contributed by atoms with E-state index in [1.165, 1.54) is 17.7 Å². The topological polar surface area (TPSA) is 68.0 Å². The van der Waals surface area contributed by atoms with Crippen LogP contribution in [-0.2, 0) is 0 Å². The lowest BCUT2D eigenvalue weighted by molar-refractivity contribution is 0.103. The van der Waals surface area contributed by atoms with Crippen molar-refractivity contribution in [1.29, 1.82) is 0 Å². The maximum atomic E-state index is 12.1. The number of amides is 1. The van der Waals surface area contributed by atoms with Crippen molar-refractivity contribution >= 4 is 22.9 Å². The van der Waals surface area contributed by atoms with E-state index in [9.17, 15) is 4.79 Å². The monoisotopic (exact) mass is 285 g/mol. The third-order valence-corrected chi connectivity index (χ3v) is 3.69. The Morgan fingerprint density at radius 1 is 1.30 bits per heavy atom. The van der Waals surface area contributed by atoms with Crippen molar-refractivity contribution in [2.45, 2.75) is 6.92 Å². The Morgan fingerprint density at radius 2 is 2.20 bits per heavy atom. The van der Waals surface area contributed by atoms with E-state index in [0.29, 0.717) is 16.5 Å². The van der Waals surface area contributed by atoms with Crippen LogP contribution >= 0.6 is 11.3 Å². The molecule has 0 aliphatic carbocycles. The molecular formula is C14H11N3O2S. The summed E-state index contributed by atoms with van der Waals surface area (Å²) >= 11 is 1.46. The largest absolute Gasteiger partial charge is 0.423 e. The van der Waals surface area contributed by atoms with Crippen LogP contribution in [0.4, 0.5) is 5.69 Å². The Balaban J connectivity index is 1.81. The number of hydrogen-bond donors (Lipinski definition) is 1. The molecule has 0 spiro atoms. The second kappa shape index (κ2) is 5.26. The number of hydrogen-bond acceptors (Lipinski definition) is 5. The number of aromatic nitrogens is 2. The Labute approximate surface area is 119 Å². The van der Waals surface area contributed by atoms with Crippen LogP contribution in [0.2, 0.25) is 0 Å². The summed E-state index contributed by atoms with van der Waals surface area (Å²) in [5, 5.41) is 10.3. The molecule has 1 aromatic carbocycles. The smallest absolute Gasteiger partial charge is 0.265 e. The highest BCUT2D eigenvalue weighted by molar-refractivity contribution is 7.14. The van der Waals surface area contributed by atoms with Gasteiger partial charge in [-0.25, -0.2) is 0 Å². The minimum absolute atomic E-state index is 0.120. The fourth-order valence-corrected chi connectivity index (χ4v) is 2.54. The fourth-order valence-electron chi connectivity index (χ4n) is 1.78. The van der Waals surface area contributed by atoms with Crippen LogP contribution in [0.3, 0.4) is 0 Å². The third-order valence-electron chi connectivity index (χ3n) is 2.69. The highest BCUT2D eigenvalue weighted by atomic mass is 32.1. The number of rotatable bonds is 3. The highest BCUT2D eigenvalue weighted by Gasteiger charge is 2.10. The average molecular weight is 285 g/mol. The van der Waals surface area contributed by atoms with Crippen molar-refractivity contribution in [3.05, 3.63) is 52.5 Å². The van der Waals surface area contributed by atoms with Crippen molar-refractivity contribution in [3.63, 3.8) is 0 Å². The molecule has 0 saturated carbocycles. The lowest BCUT2D eigenvalue weighted by Gasteiger charge is -2.04. The van der Waals surface area contributed by atoms with Crippen LogP contribution < -0.4 is 5.32 Å². The van der Waals surface area contributed by atoms with Gasteiger partial charge in [0.2, 0.25) is 12.3 Å². The molecule has 0 aliphatic heterocycles. The zero-order valence-electron chi connectivity index (χ0n) is 10.7. The summed E-state index contributed by atoms with van der Waals surface area (Å²) in [5.74, 6) is 0.304. The maximum absolute atomic E-state index is 12.1. The van der Waals surface area contributed by atoms with Crippen LogP contribution in [0, 0.1) is 6.92 Å². The number of benzene rings is 1. The molecule has 0 radical (unpaired) electrons. The summed E-state index contributed by atoms with van der Waals surface area (Å²) in [6.07, 6.45) is 1.27. The number of carbonyl (C=O) groups is 1. The van der Waals surface area contributed by atoms with Crippen LogP contribution in [0.1, 0.15) is 14.5 Å². The normalized spacial score (nSPS) is 10.4. The van der Waals surface area contributed by atoms with Gasteiger partial charge in [-0.15, -0.1) is 21.5 Å². The molecule has 0 atom stereocenters. The first-order valence-corrected chi connectivity index (χ1v) is 6.78. The molecule has 0 bridgehead atoms. The van der Waals surface area contributed by atoms with Gasteiger partial charge < -0.3 is 9.73 Å². The summed E-state index contributed by atoms with van der Waals surface area (Å²) in [5.41, 5.74) is 1.46. The number of carbonyl (C=O) groups excluding carboxylic acids is 1. The van der Waals surface area contributed by atoms with E-state index < -0.39 is 0 Å². The number of aryl methyl sites for hydroxylation is 1. The molecule has 2 heterocycles. The zero-order valence-corrected chi connectivity index (χ0v) is 11.5. The van der Waals surface area contributed by atoms with Gasteiger partial charge in [-0.05, 0) is 37.3 Å². The molecular weight excluding hydrogens is 274 g/mol. The van der Waals surface area contributed by atoms with Crippen molar-refractivity contribution in [2.75, 3.05) is 5.32 Å². The lowest BCUT2D eigenvalue weighted by atomic mass is 10.2. The molecule has 0 aliphatic rings. The van der Waals surface area contributed by atoms with Crippen molar-refractivity contribution in [2.24, 2.45) is 0 Å². The number of nitrogens with zero attached hydrogens (tertiary/aromatic N) is 2. The predicted molar refractivity (Wildman–Crippen MR) is 76.7 cm³/mol. The molecule has 20 heavy (non-hydrogen) atoms. The molecule has 100 valence electrons. The lowest BCUT2D eigenvalue weighted by Crippen LogP contribution is -2.09. The second-order valence-corrected chi connectivity index (χ2v) is 5.48. The molecule has 0 fully saturated rings. The van der Waals surface area contributed by atoms with Crippen molar-refractivity contribution < 1.29 is 9.21 Å². The molecule has 0 saturated heterocycles. The number of thiophene rings is 1. The molecule has 0 unspecified atom stereocenters. The van der Waals surface area contributed by atoms with Gasteiger partial charge in [-0.3, -0.25) is 4.79 Å². The van der Waals surface area contributed by atoms with E-state index in [4.69, 9.17) is 4.42 Å². The Morgan fingerprint density at radius 3 is 2.90 bits per heavy atom. The van der Waals surface area contributed by atoms with E-state index in [1.807, 2.05) is 37.3 Å². The maximum Gasteiger partial charge on any atom is 0.265 e. The van der Waals surface area contributed by atoms with E-state index in [1.54, 1.807) is 6.07 Å². The van der Waals surface area contributed by atoms with Crippen LogP contribution in [0.5, 0.6) is 0 Å². The third kappa shape index (κ3) is 2.60. The molecule has 6 heteroatoms. The first kappa shape index (κ1) is 12.6. The Hall–Kier alpha value is -2.47. The predicted octanol–water partition coefficient (Wildman–Crippen LogP) is 3.36. The number of nitrogens with one attached hydrogen (secondary N) is 1. The second-order valence-electron chi connectivity index (χ2n) is 4.19. The molecule has 3 rings (SSSR count). The Bertz CT molecular complexity index is 734. The molecule has 5 nitrogen and oxygen atoms in total. The Kier molecular flexibility index (Phi) is 3.30. The standard InChI is InChI=1S/C14H11N3O2S/c1-9-5-6-12(20-9)13(18)16-11-4-2-3-10(7-11)14-17-15-8-19-14/h2-8H,1H3,(H,16,18). The van der Waals surface area contributed by atoms with Crippen LogP contribution in [0.25, 0.3) is 11.5 Å². The van der Waals surface area contributed by atoms with Gasteiger partial charge in [0.05, 0.1) is 4.88 Å². The van der Waals surface area contributed by atoms with Gasteiger partial charge in [0.15, 0.2) is 0 Å². The summed E-state index contributed by atoms with van der Waals surface area (Å²) < 4.78 is 5.13. The number of anilines is 1. The average Bonchev–Trinajstić information content (AvgIpc) is 3.10. The first-order chi connectivity index (χ1) is 9.72. The van der Waals surface area contributed by atoms with Gasteiger partial charge in [0.25, 0.3) is 5.91 Å². The van der Waals surface area contributed by atoms with Gasteiger partial charge >= 0.3 is 0 Å². The van der Waals surface area contributed by atoms with Gasteiger partial charge in [-0.1, -0.05) is 6.07 Å². The molecule has 3 aromatic rings. The minimum Gasteiger partial charge on any atom is -0.423 e. The van der Waals surface area contributed by atoms with Crippen LogP contribution in [-0.4, -0.2) is 16.1 Å². The summed E-state index contributed by atoms with van der Waals surface area (Å²) in [4.78, 5) is 13.9. The van der Waals surface area contributed by atoms with Gasteiger partial charge in [0.1, 0.15) is 0 Å². The summed E-state index contributed by atoms with van der Waals surface area (Å²) in [6, 6.07) is 11.0. The van der Waals surface area contributed by atoms with E-state index in [0.717, 1.165) is 10.4 Å². The zero-order chi connectivity index (χ0) is 13.9.